The minimum absolute atomic E-state index is 0.146. The Morgan fingerprint density at radius 3 is 2.61 bits per heavy atom. The number of amides is 2. The van der Waals surface area contributed by atoms with Crippen LogP contribution in [0, 0.1) is 0 Å². The molecule has 154 valence electrons. The van der Waals surface area contributed by atoms with Gasteiger partial charge in [-0.2, -0.15) is 11.8 Å². The van der Waals surface area contributed by atoms with Gasteiger partial charge in [-0.1, -0.05) is 30.3 Å². The number of hydrogen-bond acceptors (Lipinski definition) is 6. The molecule has 2 amide bonds. The van der Waals surface area contributed by atoms with Gasteiger partial charge in [0.2, 0.25) is 11.8 Å². The van der Waals surface area contributed by atoms with E-state index in [1.807, 2.05) is 36.6 Å². The molecular formula is C20H29N3O4S. The highest BCUT2D eigenvalue weighted by Gasteiger charge is 2.41. The van der Waals surface area contributed by atoms with Gasteiger partial charge in [0.25, 0.3) is 0 Å². The lowest BCUT2D eigenvalue weighted by molar-refractivity contribution is -0.162. The van der Waals surface area contributed by atoms with Crippen LogP contribution in [0.2, 0.25) is 0 Å². The maximum absolute atomic E-state index is 13.4. The van der Waals surface area contributed by atoms with Crippen LogP contribution in [-0.2, 0) is 25.5 Å². The highest BCUT2D eigenvalue weighted by Crippen LogP contribution is 2.21. The SMILES string of the molecule is CCOC(=O)[C@H](CCSC)N1CCN(C(=O)CN)[C@H](Cc2ccccc2)C1=O. The van der Waals surface area contributed by atoms with Crippen molar-refractivity contribution in [3.05, 3.63) is 35.9 Å². The number of nitrogens with zero attached hydrogens (tertiary/aromatic N) is 2. The van der Waals surface area contributed by atoms with Gasteiger partial charge in [-0.25, -0.2) is 4.79 Å². The molecule has 1 heterocycles. The summed E-state index contributed by atoms with van der Waals surface area (Å²) in [5, 5.41) is 0. The Morgan fingerprint density at radius 1 is 1.29 bits per heavy atom. The number of benzene rings is 1. The Hall–Kier alpha value is -2.06. The van der Waals surface area contributed by atoms with Crippen LogP contribution in [-0.4, -0.2) is 77.9 Å². The van der Waals surface area contributed by atoms with Crippen LogP contribution in [0.3, 0.4) is 0 Å². The highest BCUT2D eigenvalue weighted by atomic mass is 32.2. The second kappa shape index (κ2) is 11.1. The molecule has 2 atom stereocenters. The van der Waals surface area contributed by atoms with Crippen molar-refractivity contribution in [2.75, 3.05) is 38.2 Å². The van der Waals surface area contributed by atoms with Crippen molar-refractivity contribution in [1.82, 2.24) is 9.80 Å². The molecule has 2 N–H and O–H groups in total. The molecule has 8 heteroatoms. The Balaban J connectivity index is 2.28. The van der Waals surface area contributed by atoms with E-state index in [2.05, 4.69) is 0 Å². The van der Waals surface area contributed by atoms with Crippen molar-refractivity contribution in [1.29, 1.82) is 0 Å². The second-order valence-electron chi connectivity index (χ2n) is 6.58. The quantitative estimate of drug-likeness (QED) is 0.612. The van der Waals surface area contributed by atoms with Crippen LogP contribution >= 0.6 is 11.8 Å². The first-order chi connectivity index (χ1) is 13.5. The third-order valence-corrected chi connectivity index (χ3v) is 5.47. The van der Waals surface area contributed by atoms with E-state index in [0.29, 0.717) is 25.9 Å². The van der Waals surface area contributed by atoms with Gasteiger partial charge >= 0.3 is 5.97 Å². The van der Waals surface area contributed by atoms with Gasteiger partial charge < -0.3 is 20.3 Å². The number of rotatable bonds is 9. The van der Waals surface area contributed by atoms with E-state index in [-0.39, 0.29) is 30.9 Å². The van der Waals surface area contributed by atoms with E-state index in [1.54, 1.807) is 28.5 Å². The molecule has 0 saturated carbocycles. The fraction of sp³-hybridized carbons (Fsp3) is 0.550. The van der Waals surface area contributed by atoms with Crippen LogP contribution in [0.25, 0.3) is 0 Å². The molecule has 0 spiro atoms. The Kier molecular flexibility index (Phi) is 8.79. The van der Waals surface area contributed by atoms with Crippen LogP contribution in [0.5, 0.6) is 0 Å². The van der Waals surface area contributed by atoms with Crippen molar-refractivity contribution in [2.45, 2.75) is 31.8 Å². The number of piperazine rings is 1. The fourth-order valence-corrected chi connectivity index (χ4v) is 3.89. The van der Waals surface area contributed by atoms with Gasteiger partial charge in [-0.15, -0.1) is 0 Å². The normalized spacial score (nSPS) is 18.1. The number of ether oxygens (including phenoxy) is 1. The van der Waals surface area contributed by atoms with Crippen molar-refractivity contribution < 1.29 is 19.1 Å². The topological polar surface area (TPSA) is 92.9 Å². The summed E-state index contributed by atoms with van der Waals surface area (Å²) in [6.07, 6.45) is 2.87. The first-order valence-electron chi connectivity index (χ1n) is 9.53. The van der Waals surface area contributed by atoms with E-state index in [4.69, 9.17) is 10.5 Å². The fourth-order valence-electron chi connectivity index (χ4n) is 3.44. The summed E-state index contributed by atoms with van der Waals surface area (Å²) in [4.78, 5) is 41.3. The highest BCUT2D eigenvalue weighted by molar-refractivity contribution is 7.98. The summed E-state index contributed by atoms with van der Waals surface area (Å²) in [6, 6.07) is 8.25. The molecule has 1 aromatic carbocycles. The third-order valence-electron chi connectivity index (χ3n) is 4.82. The summed E-state index contributed by atoms with van der Waals surface area (Å²) in [6.45, 7) is 2.53. The summed E-state index contributed by atoms with van der Waals surface area (Å²) < 4.78 is 5.21. The third kappa shape index (κ3) is 5.48. The molecule has 28 heavy (non-hydrogen) atoms. The predicted molar refractivity (Wildman–Crippen MR) is 110 cm³/mol. The van der Waals surface area contributed by atoms with Gasteiger partial charge in [0.05, 0.1) is 13.2 Å². The molecule has 1 aliphatic heterocycles. The molecule has 0 radical (unpaired) electrons. The summed E-state index contributed by atoms with van der Waals surface area (Å²) in [5.41, 5.74) is 6.51. The van der Waals surface area contributed by atoms with E-state index in [0.717, 1.165) is 11.3 Å². The maximum Gasteiger partial charge on any atom is 0.328 e. The summed E-state index contributed by atoms with van der Waals surface area (Å²) in [7, 11) is 0. The minimum atomic E-state index is -0.668. The Bertz CT molecular complexity index is 671. The lowest BCUT2D eigenvalue weighted by atomic mass is 9.99. The predicted octanol–water partition coefficient (Wildman–Crippen LogP) is 0.912. The second-order valence-corrected chi connectivity index (χ2v) is 7.56. The van der Waals surface area contributed by atoms with Crippen molar-refractivity contribution in [3.63, 3.8) is 0 Å². The average Bonchev–Trinajstić information content (AvgIpc) is 2.71. The zero-order valence-corrected chi connectivity index (χ0v) is 17.3. The smallest absolute Gasteiger partial charge is 0.328 e. The van der Waals surface area contributed by atoms with Crippen LogP contribution in [0.15, 0.2) is 30.3 Å². The minimum Gasteiger partial charge on any atom is -0.464 e. The van der Waals surface area contributed by atoms with Gasteiger partial charge in [-0.3, -0.25) is 9.59 Å². The molecule has 1 aliphatic rings. The number of carbonyl (C=O) groups is 3. The zero-order valence-electron chi connectivity index (χ0n) is 16.5. The number of nitrogens with two attached hydrogens (primary N) is 1. The average molecular weight is 408 g/mol. The van der Waals surface area contributed by atoms with Gasteiger partial charge in [0.1, 0.15) is 12.1 Å². The molecule has 7 nitrogen and oxygen atoms in total. The Labute approximate surface area is 170 Å². The van der Waals surface area contributed by atoms with Crippen molar-refractivity contribution in [3.8, 4) is 0 Å². The molecule has 0 aliphatic carbocycles. The number of thioether (sulfide) groups is 1. The largest absolute Gasteiger partial charge is 0.464 e. The van der Waals surface area contributed by atoms with Gasteiger partial charge in [0, 0.05) is 19.5 Å². The summed E-state index contributed by atoms with van der Waals surface area (Å²) >= 11 is 1.62. The molecule has 0 bridgehead atoms. The summed E-state index contributed by atoms with van der Waals surface area (Å²) in [5.74, 6) is -0.133. The van der Waals surface area contributed by atoms with Crippen molar-refractivity contribution in [2.24, 2.45) is 5.73 Å². The first-order valence-corrected chi connectivity index (χ1v) is 10.9. The van der Waals surface area contributed by atoms with Crippen molar-refractivity contribution >= 4 is 29.5 Å². The number of esters is 1. The first kappa shape index (κ1) is 22.2. The van der Waals surface area contributed by atoms with E-state index in [9.17, 15) is 14.4 Å². The molecule has 1 aromatic rings. The lowest BCUT2D eigenvalue weighted by Crippen LogP contribution is -2.63. The zero-order chi connectivity index (χ0) is 20.5. The number of carbonyl (C=O) groups excluding carboxylic acids is 3. The Morgan fingerprint density at radius 2 is 2.00 bits per heavy atom. The molecule has 0 aromatic heterocycles. The standard InChI is InChI=1S/C20H29N3O4S/c1-3-27-20(26)16(9-12-28-2)23-11-10-22(18(24)14-21)17(19(23)25)13-15-7-5-4-6-8-15/h4-8,16-17H,3,9-14,21H2,1-2H3/t16-,17+/m0/s1. The molecule has 1 saturated heterocycles. The maximum atomic E-state index is 13.4. The van der Waals surface area contributed by atoms with Gasteiger partial charge in [-0.05, 0) is 30.9 Å². The van der Waals surface area contributed by atoms with Crippen LogP contribution < -0.4 is 5.73 Å². The molecule has 1 fully saturated rings. The van der Waals surface area contributed by atoms with Crippen LogP contribution in [0.1, 0.15) is 18.9 Å². The van der Waals surface area contributed by atoms with E-state index >= 15 is 0 Å². The molecular weight excluding hydrogens is 378 g/mol. The number of hydrogen-bond donors (Lipinski definition) is 1. The lowest BCUT2D eigenvalue weighted by Gasteiger charge is -2.43. The molecule has 2 rings (SSSR count). The molecule has 0 unspecified atom stereocenters. The van der Waals surface area contributed by atoms with E-state index < -0.39 is 12.1 Å². The monoisotopic (exact) mass is 407 g/mol. The van der Waals surface area contributed by atoms with Gasteiger partial charge in [0.15, 0.2) is 0 Å². The van der Waals surface area contributed by atoms with E-state index in [1.165, 1.54) is 0 Å². The van der Waals surface area contributed by atoms with Crippen LogP contribution in [0.4, 0.5) is 0 Å².